The first-order valence-electron chi connectivity index (χ1n) is 12.0. The van der Waals surface area contributed by atoms with Crippen molar-refractivity contribution in [1.29, 1.82) is 5.41 Å². The summed E-state index contributed by atoms with van der Waals surface area (Å²) >= 11 is 0. The highest BCUT2D eigenvalue weighted by molar-refractivity contribution is 6.01. The second-order valence-corrected chi connectivity index (χ2v) is 9.83. The standard InChI is InChI=1S/C27H34N6O2/c1-27(2,3)35-26(34)33-15-13-32(14-16-33)25-22(24(28)29)18-23(31-25)20-11-12-30-21(17-20)10-9-19-7-5-4-6-8-19/h4-8,11-12,17-18,31H,9-10,13-16H2,1-3H3,(H3,28,29). The summed E-state index contributed by atoms with van der Waals surface area (Å²) in [6.07, 6.45) is 3.30. The number of ether oxygens (including phenoxy) is 1. The number of nitrogens with two attached hydrogens (primary N) is 1. The third-order valence-corrected chi connectivity index (χ3v) is 5.97. The number of nitrogens with zero attached hydrogens (tertiary/aromatic N) is 3. The quantitative estimate of drug-likeness (QED) is 0.366. The lowest BCUT2D eigenvalue weighted by Crippen LogP contribution is -2.50. The Kier molecular flexibility index (Phi) is 7.10. The van der Waals surface area contributed by atoms with Gasteiger partial charge >= 0.3 is 6.09 Å². The maximum Gasteiger partial charge on any atom is 0.410 e. The number of aryl methyl sites for hydroxylation is 2. The normalized spacial score (nSPS) is 14.1. The van der Waals surface area contributed by atoms with Gasteiger partial charge in [0.25, 0.3) is 0 Å². The van der Waals surface area contributed by atoms with Crippen LogP contribution in [-0.4, -0.2) is 58.6 Å². The summed E-state index contributed by atoms with van der Waals surface area (Å²) in [6.45, 7) is 7.93. The van der Waals surface area contributed by atoms with Crippen LogP contribution in [0.2, 0.25) is 0 Å². The third kappa shape index (κ3) is 6.20. The Bertz CT molecular complexity index is 1170. The van der Waals surface area contributed by atoms with Crippen molar-refractivity contribution in [2.24, 2.45) is 5.73 Å². The van der Waals surface area contributed by atoms with Gasteiger partial charge in [-0.2, -0.15) is 0 Å². The number of amides is 1. The summed E-state index contributed by atoms with van der Waals surface area (Å²) in [5.74, 6) is 0.814. The van der Waals surface area contributed by atoms with Crippen LogP contribution in [0.1, 0.15) is 37.6 Å². The van der Waals surface area contributed by atoms with Gasteiger partial charge in [-0.05, 0) is 57.4 Å². The second-order valence-electron chi connectivity index (χ2n) is 9.83. The molecule has 1 aliphatic rings. The highest BCUT2D eigenvalue weighted by Gasteiger charge is 2.28. The molecule has 1 saturated heterocycles. The number of aromatic nitrogens is 2. The first-order valence-corrected chi connectivity index (χ1v) is 12.0. The molecule has 8 heteroatoms. The molecule has 0 saturated carbocycles. The lowest BCUT2D eigenvalue weighted by Gasteiger charge is -2.36. The monoisotopic (exact) mass is 474 g/mol. The van der Waals surface area contributed by atoms with Crippen LogP contribution in [0.3, 0.4) is 0 Å². The molecule has 0 unspecified atom stereocenters. The van der Waals surface area contributed by atoms with E-state index in [-0.39, 0.29) is 11.9 Å². The number of carbonyl (C=O) groups is 1. The van der Waals surface area contributed by atoms with Gasteiger partial charge in [-0.3, -0.25) is 10.4 Å². The first kappa shape index (κ1) is 24.3. The smallest absolute Gasteiger partial charge is 0.410 e. The van der Waals surface area contributed by atoms with E-state index in [1.54, 1.807) is 4.90 Å². The Morgan fingerprint density at radius 2 is 1.80 bits per heavy atom. The number of H-pyrrole nitrogens is 1. The zero-order valence-electron chi connectivity index (χ0n) is 20.7. The number of anilines is 1. The molecule has 1 aromatic carbocycles. The summed E-state index contributed by atoms with van der Waals surface area (Å²) in [7, 11) is 0. The molecule has 1 aliphatic heterocycles. The van der Waals surface area contributed by atoms with Crippen LogP contribution in [0.25, 0.3) is 11.3 Å². The van der Waals surface area contributed by atoms with Gasteiger partial charge in [-0.15, -0.1) is 0 Å². The van der Waals surface area contributed by atoms with E-state index in [0.29, 0.717) is 31.7 Å². The lowest BCUT2D eigenvalue weighted by molar-refractivity contribution is 0.0240. The topological polar surface area (TPSA) is 111 Å². The Balaban J connectivity index is 1.48. The van der Waals surface area contributed by atoms with Crippen LogP contribution in [0, 0.1) is 5.41 Å². The molecule has 0 radical (unpaired) electrons. The number of hydrogen-bond donors (Lipinski definition) is 3. The van der Waals surface area contributed by atoms with Gasteiger partial charge in [-0.25, -0.2) is 4.79 Å². The van der Waals surface area contributed by atoms with Crippen molar-refractivity contribution >= 4 is 17.7 Å². The fourth-order valence-electron chi connectivity index (χ4n) is 4.19. The van der Waals surface area contributed by atoms with Gasteiger partial charge in [0.2, 0.25) is 0 Å². The number of hydrogen-bond acceptors (Lipinski definition) is 5. The molecule has 0 bridgehead atoms. The minimum Gasteiger partial charge on any atom is -0.444 e. The van der Waals surface area contributed by atoms with E-state index >= 15 is 0 Å². The molecule has 4 N–H and O–H groups in total. The third-order valence-electron chi connectivity index (χ3n) is 5.97. The Morgan fingerprint density at radius 1 is 1.09 bits per heavy atom. The van der Waals surface area contributed by atoms with Crippen molar-refractivity contribution in [2.45, 2.75) is 39.2 Å². The summed E-state index contributed by atoms with van der Waals surface area (Å²) in [5.41, 5.74) is 10.3. The van der Waals surface area contributed by atoms with Crippen molar-refractivity contribution in [1.82, 2.24) is 14.9 Å². The zero-order chi connectivity index (χ0) is 25.0. The fourth-order valence-corrected chi connectivity index (χ4v) is 4.19. The van der Waals surface area contributed by atoms with Crippen LogP contribution < -0.4 is 10.6 Å². The predicted molar refractivity (Wildman–Crippen MR) is 139 cm³/mol. The number of amidine groups is 1. The lowest BCUT2D eigenvalue weighted by atomic mass is 10.1. The molecule has 1 fully saturated rings. The molecule has 0 spiro atoms. The Hall–Kier alpha value is -3.81. The molecular weight excluding hydrogens is 440 g/mol. The Morgan fingerprint density at radius 3 is 2.46 bits per heavy atom. The van der Waals surface area contributed by atoms with Crippen LogP contribution >= 0.6 is 0 Å². The van der Waals surface area contributed by atoms with E-state index in [1.165, 1.54) is 5.56 Å². The summed E-state index contributed by atoms with van der Waals surface area (Å²) in [6, 6.07) is 16.4. The number of pyridine rings is 1. The molecule has 0 atom stereocenters. The summed E-state index contributed by atoms with van der Waals surface area (Å²) in [4.78, 5) is 24.3. The maximum absolute atomic E-state index is 12.4. The van der Waals surface area contributed by atoms with E-state index in [0.717, 1.165) is 35.6 Å². The van der Waals surface area contributed by atoms with Gasteiger partial charge in [0, 0.05) is 49.3 Å². The number of nitrogen functional groups attached to an aromatic ring is 1. The van der Waals surface area contributed by atoms with E-state index in [4.69, 9.17) is 15.9 Å². The molecule has 3 aromatic rings. The van der Waals surface area contributed by atoms with Gasteiger partial charge < -0.3 is 25.3 Å². The maximum atomic E-state index is 12.4. The summed E-state index contributed by atoms with van der Waals surface area (Å²) < 4.78 is 5.50. The number of nitrogens with one attached hydrogen (secondary N) is 2. The van der Waals surface area contributed by atoms with Crippen LogP contribution in [0.5, 0.6) is 0 Å². The minimum absolute atomic E-state index is 0.00966. The molecular formula is C27H34N6O2. The van der Waals surface area contributed by atoms with Crippen LogP contribution in [0.15, 0.2) is 54.7 Å². The molecule has 0 aliphatic carbocycles. The van der Waals surface area contributed by atoms with Crippen molar-refractivity contribution in [2.75, 3.05) is 31.1 Å². The van der Waals surface area contributed by atoms with E-state index < -0.39 is 5.60 Å². The van der Waals surface area contributed by atoms with Crippen molar-refractivity contribution in [3.05, 3.63) is 71.5 Å². The van der Waals surface area contributed by atoms with Gasteiger partial charge in [0.1, 0.15) is 17.3 Å². The van der Waals surface area contributed by atoms with Crippen molar-refractivity contribution < 1.29 is 9.53 Å². The van der Waals surface area contributed by atoms with E-state index in [1.807, 2.05) is 45.2 Å². The Labute approximate surface area is 206 Å². The number of aromatic amines is 1. The first-order chi connectivity index (χ1) is 16.7. The minimum atomic E-state index is -0.519. The average Bonchev–Trinajstić information content (AvgIpc) is 3.29. The van der Waals surface area contributed by atoms with Crippen LogP contribution in [-0.2, 0) is 17.6 Å². The van der Waals surface area contributed by atoms with Gasteiger partial charge in [0.05, 0.1) is 5.56 Å². The molecule has 8 nitrogen and oxygen atoms in total. The molecule has 3 heterocycles. The van der Waals surface area contributed by atoms with E-state index in [9.17, 15) is 4.79 Å². The number of benzene rings is 1. The molecule has 2 aromatic heterocycles. The van der Waals surface area contributed by atoms with E-state index in [2.05, 4.69) is 45.2 Å². The SMILES string of the molecule is CC(C)(C)OC(=O)N1CCN(c2[nH]c(-c3ccnc(CCc4ccccc4)c3)cc2C(=N)N)CC1. The molecule has 35 heavy (non-hydrogen) atoms. The van der Waals surface area contributed by atoms with Crippen molar-refractivity contribution in [3.63, 3.8) is 0 Å². The van der Waals surface area contributed by atoms with Gasteiger partial charge in [-0.1, -0.05) is 30.3 Å². The highest BCUT2D eigenvalue weighted by Crippen LogP contribution is 2.29. The zero-order valence-corrected chi connectivity index (χ0v) is 20.7. The number of piperazine rings is 1. The van der Waals surface area contributed by atoms with Crippen LogP contribution in [0.4, 0.5) is 10.6 Å². The molecule has 4 rings (SSSR count). The fraction of sp³-hybridized carbons (Fsp3) is 0.370. The van der Waals surface area contributed by atoms with Gasteiger partial charge in [0.15, 0.2) is 0 Å². The summed E-state index contributed by atoms with van der Waals surface area (Å²) in [5, 5.41) is 8.11. The highest BCUT2D eigenvalue weighted by atomic mass is 16.6. The molecule has 1 amide bonds. The van der Waals surface area contributed by atoms with Crippen molar-refractivity contribution in [3.8, 4) is 11.3 Å². The number of rotatable bonds is 6. The average molecular weight is 475 g/mol. The molecule has 184 valence electrons. The second kappa shape index (κ2) is 10.2. The number of carbonyl (C=O) groups excluding carboxylic acids is 1. The predicted octanol–water partition coefficient (Wildman–Crippen LogP) is 4.20. The largest absolute Gasteiger partial charge is 0.444 e.